The van der Waals surface area contributed by atoms with Crippen LogP contribution < -0.4 is 9.47 Å². The lowest BCUT2D eigenvalue weighted by molar-refractivity contribution is -0.143. The fraction of sp³-hybridized carbons (Fsp3) is 0.562. The van der Waals surface area contributed by atoms with E-state index in [4.69, 9.17) is 9.47 Å². The van der Waals surface area contributed by atoms with Crippen molar-refractivity contribution in [3.63, 3.8) is 0 Å². The summed E-state index contributed by atoms with van der Waals surface area (Å²) in [6, 6.07) is 5.36. The van der Waals surface area contributed by atoms with Gasteiger partial charge < -0.3 is 14.6 Å². The van der Waals surface area contributed by atoms with E-state index in [2.05, 4.69) is 4.90 Å². The molecule has 0 radical (unpaired) electrons. The number of methoxy groups -OCH3 is 2. The first kappa shape index (κ1) is 15.6. The molecule has 0 spiro atoms. The van der Waals surface area contributed by atoms with Crippen LogP contribution >= 0.6 is 0 Å². The smallest absolute Gasteiger partial charge is 0.320 e. The Morgan fingerprint density at radius 3 is 2.67 bits per heavy atom. The molecule has 0 saturated carbocycles. The van der Waals surface area contributed by atoms with Gasteiger partial charge in [0, 0.05) is 6.54 Å². The van der Waals surface area contributed by atoms with Crippen molar-refractivity contribution in [3.8, 4) is 11.5 Å². The molecule has 1 aromatic rings. The van der Waals surface area contributed by atoms with Crippen LogP contribution in [0.5, 0.6) is 11.5 Å². The number of carboxylic acids is 1. The Morgan fingerprint density at radius 2 is 2.00 bits per heavy atom. The molecule has 1 heterocycles. The maximum Gasteiger partial charge on any atom is 0.320 e. The fourth-order valence-corrected chi connectivity index (χ4v) is 2.85. The molecule has 5 nitrogen and oxygen atoms in total. The van der Waals surface area contributed by atoms with Gasteiger partial charge in [-0.1, -0.05) is 18.9 Å². The van der Waals surface area contributed by atoms with Crippen molar-refractivity contribution >= 4 is 5.97 Å². The number of hydrogen-bond acceptors (Lipinski definition) is 4. The average molecular weight is 293 g/mol. The van der Waals surface area contributed by atoms with Gasteiger partial charge in [-0.3, -0.25) is 9.69 Å². The van der Waals surface area contributed by atoms with E-state index in [1.54, 1.807) is 14.2 Å². The monoisotopic (exact) mass is 293 g/mol. The third-order valence-electron chi connectivity index (χ3n) is 3.98. The predicted molar refractivity (Wildman–Crippen MR) is 79.8 cm³/mol. The molecule has 1 N–H and O–H groups in total. The first-order chi connectivity index (χ1) is 10.2. The summed E-state index contributed by atoms with van der Waals surface area (Å²) >= 11 is 0. The van der Waals surface area contributed by atoms with Gasteiger partial charge in [0.05, 0.1) is 14.2 Å². The summed E-state index contributed by atoms with van der Waals surface area (Å²) in [5, 5.41) is 9.41. The van der Waals surface area contributed by atoms with Crippen molar-refractivity contribution in [1.29, 1.82) is 0 Å². The van der Waals surface area contributed by atoms with Crippen LogP contribution in [0.15, 0.2) is 18.2 Å². The molecule has 1 unspecified atom stereocenters. The Bertz CT molecular complexity index is 489. The molecule has 1 aromatic carbocycles. The van der Waals surface area contributed by atoms with Crippen LogP contribution in [-0.2, 0) is 11.3 Å². The molecular formula is C16H23NO4. The standard InChI is InChI=1S/C16H23NO4/c1-20-14-8-7-12(10-15(14)21-2)11-17-9-5-3-4-6-13(17)16(18)19/h7-8,10,13H,3-6,9,11H2,1-2H3,(H,18,19). The van der Waals surface area contributed by atoms with Gasteiger partial charge in [0.15, 0.2) is 11.5 Å². The molecule has 0 bridgehead atoms. The zero-order valence-corrected chi connectivity index (χ0v) is 12.7. The highest BCUT2D eigenvalue weighted by Gasteiger charge is 2.27. The lowest BCUT2D eigenvalue weighted by Gasteiger charge is -2.26. The number of nitrogens with zero attached hydrogens (tertiary/aromatic N) is 1. The van der Waals surface area contributed by atoms with Crippen LogP contribution in [0.2, 0.25) is 0 Å². The van der Waals surface area contributed by atoms with E-state index in [9.17, 15) is 9.90 Å². The van der Waals surface area contributed by atoms with Crippen LogP contribution in [0.4, 0.5) is 0 Å². The summed E-state index contributed by atoms with van der Waals surface area (Å²) in [6.45, 7) is 1.45. The van der Waals surface area contributed by atoms with Crippen LogP contribution in [-0.4, -0.2) is 42.8 Å². The summed E-state index contributed by atoms with van der Waals surface area (Å²) in [7, 11) is 3.21. The van der Waals surface area contributed by atoms with Crippen LogP contribution in [0, 0.1) is 0 Å². The Kier molecular flexibility index (Phi) is 5.44. The second-order valence-corrected chi connectivity index (χ2v) is 5.36. The van der Waals surface area contributed by atoms with Crippen molar-refractivity contribution in [2.45, 2.75) is 38.3 Å². The second-order valence-electron chi connectivity index (χ2n) is 5.36. The minimum absolute atomic E-state index is 0.388. The molecule has 21 heavy (non-hydrogen) atoms. The van der Waals surface area contributed by atoms with Gasteiger partial charge in [0.2, 0.25) is 0 Å². The van der Waals surface area contributed by atoms with Gasteiger partial charge in [-0.2, -0.15) is 0 Å². The van der Waals surface area contributed by atoms with E-state index in [1.165, 1.54) is 0 Å². The minimum atomic E-state index is -0.725. The number of benzene rings is 1. The van der Waals surface area contributed by atoms with E-state index >= 15 is 0 Å². The second kappa shape index (κ2) is 7.31. The molecule has 2 rings (SSSR count). The highest BCUT2D eigenvalue weighted by Crippen LogP contribution is 2.29. The van der Waals surface area contributed by atoms with E-state index in [0.29, 0.717) is 18.0 Å². The highest BCUT2D eigenvalue weighted by atomic mass is 16.5. The van der Waals surface area contributed by atoms with Crippen LogP contribution in [0.3, 0.4) is 0 Å². The number of hydrogen-bond donors (Lipinski definition) is 1. The maximum absolute atomic E-state index is 11.4. The van der Waals surface area contributed by atoms with Gasteiger partial charge in [0.25, 0.3) is 0 Å². The normalized spacial score (nSPS) is 19.8. The summed E-state index contributed by atoms with van der Waals surface area (Å²) in [6.07, 6.45) is 3.87. The number of carboxylic acid groups (broad SMARTS) is 1. The molecule has 0 amide bonds. The predicted octanol–water partition coefficient (Wildman–Crippen LogP) is 2.53. The van der Waals surface area contributed by atoms with Gasteiger partial charge >= 0.3 is 5.97 Å². The molecule has 0 aliphatic carbocycles. The first-order valence-corrected chi connectivity index (χ1v) is 7.33. The van der Waals surface area contributed by atoms with Crippen molar-refractivity contribution in [3.05, 3.63) is 23.8 Å². The fourth-order valence-electron chi connectivity index (χ4n) is 2.85. The number of aliphatic carboxylic acids is 1. The van der Waals surface area contributed by atoms with E-state index in [-0.39, 0.29) is 6.04 Å². The largest absolute Gasteiger partial charge is 0.493 e. The summed E-state index contributed by atoms with van der Waals surface area (Å²) < 4.78 is 10.5. The number of likely N-dealkylation sites (tertiary alicyclic amines) is 1. The number of ether oxygens (including phenoxy) is 2. The molecule has 0 aromatic heterocycles. The highest BCUT2D eigenvalue weighted by molar-refractivity contribution is 5.73. The quantitative estimate of drug-likeness (QED) is 0.904. The van der Waals surface area contributed by atoms with Gasteiger partial charge in [0.1, 0.15) is 6.04 Å². The Hall–Kier alpha value is -1.75. The van der Waals surface area contributed by atoms with Gasteiger partial charge in [-0.05, 0) is 37.1 Å². The maximum atomic E-state index is 11.4. The lowest BCUT2D eigenvalue weighted by atomic mass is 10.1. The SMILES string of the molecule is COc1ccc(CN2CCCCCC2C(=O)O)cc1OC. The Morgan fingerprint density at radius 1 is 1.24 bits per heavy atom. The molecule has 1 saturated heterocycles. The van der Waals surface area contributed by atoms with Crippen LogP contribution in [0.25, 0.3) is 0 Å². The third-order valence-corrected chi connectivity index (χ3v) is 3.98. The van der Waals surface area contributed by atoms with Crippen molar-refractivity contribution in [2.24, 2.45) is 0 Å². The van der Waals surface area contributed by atoms with E-state index in [0.717, 1.165) is 37.8 Å². The molecule has 5 heteroatoms. The van der Waals surface area contributed by atoms with Gasteiger partial charge in [-0.15, -0.1) is 0 Å². The lowest BCUT2D eigenvalue weighted by Crippen LogP contribution is -2.40. The minimum Gasteiger partial charge on any atom is -0.493 e. The summed E-state index contributed by atoms with van der Waals surface area (Å²) in [5.41, 5.74) is 1.04. The zero-order valence-electron chi connectivity index (χ0n) is 12.7. The summed E-state index contributed by atoms with van der Waals surface area (Å²) in [4.78, 5) is 13.5. The van der Waals surface area contributed by atoms with Gasteiger partial charge in [-0.25, -0.2) is 0 Å². The van der Waals surface area contributed by atoms with E-state index in [1.807, 2.05) is 18.2 Å². The molecular weight excluding hydrogens is 270 g/mol. The topological polar surface area (TPSA) is 59.0 Å². The Balaban J connectivity index is 2.16. The van der Waals surface area contributed by atoms with Crippen molar-refractivity contribution in [1.82, 2.24) is 4.90 Å². The number of carbonyl (C=O) groups is 1. The average Bonchev–Trinajstić information content (AvgIpc) is 2.72. The summed E-state index contributed by atoms with van der Waals surface area (Å²) in [5.74, 6) is 0.640. The van der Waals surface area contributed by atoms with Crippen LogP contribution in [0.1, 0.15) is 31.2 Å². The van der Waals surface area contributed by atoms with E-state index < -0.39 is 5.97 Å². The number of rotatable bonds is 5. The first-order valence-electron chi connectivity index (χ1n) is 7.33. The third kappa shape index (κ3) is 3.88. The zero-order chi connectivity index (χ0) is 15.2. The molecule has 1 aliphatic heterocycles. The van der Waals surface area contributed by atoms with Crippen molar-refractivity contribution in [2.75, 3.05) is 20.8 Å². The van der Waals surface area contributed by atoms with Crippen molar-refractivity contribution < 1.29 is 19.4 Å². The molecule has 1 atom stereocenters. The molecule has 1 aliphatic rings. The molecule has 116 valence electrons. The molecule has 1 fully saturated rings. The Labute approximate surface area is 125 Å².